The molecule has 14 heavy (non-hydrogen) atoms. The molecule has 1 N–H and O–H groups in total. The van der Waals surface area contributed by atoms with Gasteiger partial charge in [-0.15, -0.1) is 0 Å². The molecule has 2 nitrogen and oxygen atoms in total. The molecule has 0 aromatic heterocycles. The van der Waals surface area contributed by atoms with Crippen molar-refractivity contribution in [2.24, 2.45) is 0 Å². The fourth-order valence-electron chi connectivity index (χ4n) is 1.18. The molecule has 0 aliphatic carbocycles. The number of aliphatic hydroxyl groups is 1. The van der Waals surface area contributed by atoms with Crippen molar-refractivity contribution in [1.29, 1.82) is 0 Å². The maximum atomic E-state index is 12.5. The maximum absolute atomic E-state index is 12.5. The minimum Gasteiger partial charge on any atom is -0.396 e. The molecule has 0 saturated carbocycles. The SMILES string of the molecule is O=C(CCCCO)c1ccc(F)cc1. The van der Waals surface area contributed by atoms with Crippen molar-refractivity contribution in [3.8, 4) is 0 Å². The zero-order valence-corrected chi connectivity index (χ0v) is 7.87. The van der Waals surface area contributed by atoms with E-state index in [4.69, 9.17) is 5.11 Å². The van der Waals surface area contributed by atoms with Gasteiger partial charge < -0.3 is 5.11 Å². The van der Waals surface area contributed by atoms with Gasteiger partial charge in [0.1, 0.15) is 5.82 Å². The Kier molecular flexibility index (Phi) is 4.26. The number of halogens is 1. The van der Waals surface area contributed by atoms with Crippen LogP contribution in [0.2, 0.25) is 0 Å². The normalized spacial score (nSPS) is 10.1. The third-order valence-corrected chi connectivity index (χ3v) is 1.98. The number of hydrogen-bond donors (Lipinski definition) is 1. The van der Waals surface area contributed by atoms with Crippen molar-refractivity contribution >= 4 is 5.78 Å². The van der Waals surface area contributed by atoms with Crippen LogP contribution in [-0.2, 0) is 0 Å². The molecule has 3 heteroatoms. The highest BCUT2D eigenvalue weighted by Crippen LogP contribution is 2.08. The molecule has 0 amide bonds. The summed E-state index contributed by atoms with van der Waals surface area (Å²) >= 11 is 0. The summed E-state index contributed by atoms with van der Waals surface area (Å²) in [6.07, 6.45) is 1.71. The van der Waals surface area contributed by atoms with E-state index in [-0.39, 0.29) is 18.2 Å². The van der Waals surface area contributed by atoms with Crippen molar-refractivity contribution in [2.45, 2.75) is 19.3 Å². The Hall–Kier alpha value is -1.22. The Morgan fingerprint density at radius 1 is 1.21 bits per heavy atom. The van der Waals surface area contributed by atoms with Gasteiger partial charge in [0, 0.05) is 18.6 Å². The van der Waals surface area contributed by atoms with Crippen molar-refractivity contribution in [3.63, 3.8) is 0 Å². The van der Waals surface area contributed by atoms with E-state index in [1.807, 2.05) is 0 Å². The molecular weight excluding hydrogens is 183 g/mol. The van der Waals surface area contributed by atoms with Crippen LogP contribution in [0.15, 0.2) is 24.3 Å². The molecule has 1 aromatic carbocycles. The molecule has 1 aromatic rings. The lowest BCUT2D eigenvalue weighted by atomic mass is 10.1. The van der Waals surface area contributed by atoms with Gasteiger partial charge >= 0.3 is 0 Å². The summed E-state index contributed by atoms with van der Waals surface area (Å²) in [5.74, 6) is -0.338. The first-order chi connectivity index (χ1) is 6.74. The Bertz CT molecular complexity index is 293. The topological polar surface area (TPSA) is 37.3 Å². The van der Waals surface area contributed by atoms with Crippen LogP contribution in [0.5, 0.6) is 0 Å². The van der Waals surface area contributed by atoms with E-state index in [1.54, 1.807) is 0 Å². The van der Waals surface area contributed by atoms with Crippen LogP contribution in [-0.4, -0.2) is 17.5 Å². The summed E-state index contributed by atoms with van der Waals surface area (Å²) in [7, 11) is 0. The van der Waals surface area contributed by atoms with Gasteiger partial charge in [-0.05, 0) is 37.1 Å². The van der Waals surface area contributed by atoms with Crippen LogP contribution in [0, 0.1) is 5.82 Å². The summed E-state index contributed by atoms with van der Waals surface area (Å²) in [6, 6.07) is 5.52. The third kappa shape index (κ3) is 3.26. The van der Waals surface area contributed by atoms with E-state index < -0.39 is 0 Å². The molecule has 76 valence electrons. The summed E-state index contributed by atoms with van der Waals surface area (Å²) in [4.78, 5) is 11.4. The molecule has 0 radical (unpaired) electrons. The van der Waals surface area contributed by atoms with Gasteiger partial charge in [0.2, 0.25) is 0 Å². The molecular formula is C11H13FO2. The second-order valence-electron chi connectivity index (χ2n) is 3.11. The molecule has 0 spiro atoms. The van der Waals surface area contributed by atoms with Crippen LogP contribution < -0.4 is 0 Å². The van der Waals surface area contributed by atoms with Crippen LogP contribution >= 0.6 is 0 Å². The van der Waals surface area contributed by atoms with Gasteiger partial charge in [-0.25, -0.2) is 4.39 Å². The van der Waals surface area contributed by atoms with E-state index in [1.165, 1.54) is 24.3 Å². The van der Waals surface area contributed by atoms with E-state index in [0.29, 0.717) is 24.8 Å². The van der Waals surface area contributed by atoms with E-state index in [9.17, 15) is 9.18 Å². The quantitative estimate of drug-likeness (QED) is 0.579. The van der Waals surface area contributed by atoms with E-state index in [2.05, 4.69) is 0 Å². The Balaban J connectivity index is 2.48. The largest absolute Gasteiger partial charge is 0.396 e. The monoisotopic (exact) mass is 196 g/mol. The van der Waals surface area contributed by atoms with Gasteiger partial charge in [0.25, 0.3) is 0 Å². The number of carbonyl (C=O) groups excluding carboxylic acids is 1. The lowest BCUT2D eigenvalue weighted by molar-refractivity contribution is 0.0977. The van der Waals surface area contributed by atoms with Crippen molar-refractivity contribution in [1.82, 2.24) is 0 Å². The Morgan fingerprint density at radius 2 is 1.86 bits per heavy atom. The first kappa shape index (κ1) is 10.9. The first-order valence-electron chi connectivity index (χ1n) is 4.63. The van der Waals surface area contributed by atoms with Gasteiger partial charge in [-0.3, -0.25) is 4.79 Å². The number of carbonyl (C=O) groups is 1. The molecule has 0 unspecified atom stereocenters. The lowest BCUT2D eigenvalue weighted by Gasteiger charge is -1.99. The molecule has 0 bridgehead atoms. The number of hydrogen-bond acceptors (Lipinski definition) is 2. The number of unbranched alkanes of at least 4 members (excludes halogenated alkanes) is 1. The summed E-state index contributed by atoms with van der Waals surface area (Å²) in [6.45, 7) is 0.108. The standard InChI is InChI=1S/C11H13FO2/c12-10-6-4-9(5-7-10)11(14)3-1-2-8-13/h4-7,13H,1-3,8H2. The van der Waals surface area contributed by atoms with E-state index >= 15 is 0 Å². The van der Waals surface area contributed by atoms with Crippen LogP contribution in [0.4, 0.5) is 4.39 Å². The maximum Gasteiger partial charge on any atom is 0.162 e. The Morgan fingerprint density at radius 3 is 2.43 bits per heavy atom. The Labute approximate surface area is 82.4 Å². The molecule has 1 rings (SSSR count). The van der Waals surface area contributed by atoms with Crippen LogP contribution in [0.3, 0.4) is 0 Å². The number of rotatable bonds is 5. The molecule has 0 atom stereocenters. The highest BCUT2D eigenvalue weighted by atomic mass is 19.1. The van der Waals surface area contributed by atoms with Gasteiger partial charge in [-0.2, -0.15) is 0 Å². The van der Waals surface area contributed by atoms with Gasteiger partial charge in [0.15, 0.2) is 5.78 Å². The minimum absolute atomic E-state index is 0.00144. The number of aliphatic hydroxyl groups excluding tert-OH is 1. The second kappa shape index (κ2) is 5.50. The number of Topliss-reactive ketones (excluding diaryl/α,β-unsaturated/α-hetero) is 1. The third-order valence-electron chi connectivity index (χ3n) is 1.98. The fraction of sp³-hybridized carbons (Fsp3) is 0.364. The predicted octanol–water partition coefficient (Wildman–Crippen LogP) is 2.17. The van der Waals surface area contributed by atoms with Crippen LogP contribution in [0.1, 0.15) is 29.6 Å². The first-order valence-corrected chi connectivity index (χ1v) is 4.63. The summed E-state index contributed by atoms with van der Waals surface area (Å²) in [5, 5.41) is 8.53. The second-order valence-corrected chi connectivity index (χ2v) is 3.11. The van der Waals surface area contributed by atoms with Crippen LogP contribution in [0.25, 0.3) is 0 Å². The average molecular weight is 196 g/mol. The number of benzene rings is 1. The molecule has 0 fully saturated rings. The zero-order valence-electron chi connectivity index (χ0n) is 7.87. The molecule has 0 saturated heterocycles. The van der Waals surface area contributed by atoms with E-state index in [0.717, 1.165) is 0 Å². The summed E-state index contributed by atoms with van der Waals surface area (Å²) in [5.41, 5.74) is 0.532. The lowest BCUT2D eigenvalue weighted by Crippen LogP contribution is -1.99. The molecule has 0 heterocycles. The highest BCUT2D eigenvalue weighted by Gasteiger charge is 2.04. The average Bonchev–Trinajstić information content (AvgIpc) is 2.19. The van der Waals surface area contributed by atoms with Gasteiger partial charge in [0.05, 0.1) is 0 Å². The van der Waals surface area contributed by atoms with Crippen molar-refractivity contribution in [3.05, 3.63) is 35.6 Å². The molecule has 0 aliphatic rings. The van der Waals surface area contributed by atoms with Gasteiger partial charge in [-0.1, -0.05) is 0 Å². The summed E-state index contributed by atoms with van der Waals surface area (Å²) < 4.78 is 12.5. The van der Waals surface area contributed by atoms with Crippen molar-refractivity contribution in [2.75, 3.05) is 6.61 Å². The number of ketones is 1. The minimum atomic E-state index is -0.336. The van der Waals surface area contributed by atoms with Crippen molar-refractivity contribution < 1.29 is 14.3 Å². The smallest absolute Gasteiger partial charge is 0.162 e. The molecule has 0 aliphatic heterocycles. The zero-order chi connectivity index (χ0) is 10.4. The predicted molar refractivity (Wildman–Crippen MR) is 51.7 cm³/mol. The highest BCUT2D eigenvalue weighted by molar-refractivity contribution is 5.95. The fourth-order valence-corrected chi connectivity index (χ4v) is 1.18.